The summed E-state index contributed by atoms with van der Waals surface area (Å²) in [5.74, 6) is -0.0432. The molecule has 2 aromatic rings. The van der Waals surface area contributed by atoms with Gasteiger partial charge in [0.15, 0.2) is 14.9 Å². The Morgan fingerprint density at radius 2 is 1.85 bits per heavy atom. The molecule has 0 aliphatic heterocycles. The van der Waals surface area contributed by atoms with Crippen molar-refractivity contribution in [3.8, 4) is 0 Å². The van der Waals surface area contributed by atoms with E-state index in [-0.39, 0.29) is 21.8 Å². The number of aromatic nitrogens is 1. The molecule has 2 rings (SSSR count). The van der Waals surface area contributed by atoms with Crippen molar-refractivity contribution in [2.24, 2.45) is 0 Å². The topological polar surface area (TPSA) is 47.0 Å². The molecule has 0 saturated carbocycles. The molecule has 0 saturated heterocycles. The van der Waals surface area contributed by atoms with Gasteiger partial charge >= 0.3 is 0 Å². The predicted molar refractivity (Wildman–Crippen MR) is 80.9 cm³/mol. The molecule has 6 heteroatoms. The Bertz CT molecular complexity index is 715. The summed E-state index contributed by atoms with van der Waals surface area (Å²) in [6.07, 6.45) is 0. The Labute approximate surface area is 128 Å². The molecular weight excluding hydrogens is 317 g/mol. The van der Waals surface area contributed by atoms with Crippen LogP contribution in [0.5, 0.6) is 0 Å². The highest BCUT2D eigenvalue weighted by Gasteiger charge is 2.22. The minimum absolute atomic E-state index is 0.0352. The zero-order chi connectivity index (χ0) is 14.8. The van der Waals surface area contributed by atoms with Gasteiger partial charge in [-0.15, -0.1) is 11.6 Å². The molecule has 1 aromatic heterocycles. The summed E-state index contributed by atoms with van der Waals surface area (Å²) in [5, 5.41) is 0.150. The lowest BCUT2D eigenvalue weighted by molar-refractivity contribution is 0.590. The molecule has 0 aliphatic rings. The molecule has 1 heterocycles. The molecule has 20 heavy (non-hydrogen) atoms. The second kappa shape index (κ2) is 6.12. The highest BCUT2D eigenvalue weighted by molar-refractivity contribution is 7.90. The average molecular weight is 330 g/mol. The molecule has 0 amide bonds. The zero-order valence-corrected chi connectivity index (χ0v) is 13.1. The highest BCUT2D eigenvalue weighted by atomic mass is 35.5. The van der Waals surface area contributed by atoms with Crippen molar-refractivity contribution in [2.45, 2.75) is 23.6 Å². The van der Waals surface area contributed by atoms with Gasteiger partial charge in [-0.2, -0.15) is 0 Å². The minimum atomic E-state index is -3.58. The number of benzene rings is 1. The van der Waals surface area contributed by atoms with Crippen LogP contribution in [0.4, 0.5) is 0 Å². The lowest BCUT2D eigenvalue weighted by Gasteiger charge is -2.10. The SMILES string of the molecule is Cc1cc(CCl)c(S(=O)(=O)Cc2ccccc2)nc1Cl. The van der Waals surface area contributed by atoms with Crippen molar-refractivity contribution >= 4 is 33.0 Å². The maximum absolute atomic E-state index is 12.5. The van der Waals surface area contributed by atoms with E-state index in [0.29, 0.717) is 16.7 Å². The van der Waals surface area contributed by atoms with E-state index < -0.39 is 9.84 Å². The van der Waals surface area contributed by atoms with E-state index in [1.807, 2.05) is 6.07 Å². The monoisotopic (exact) mass is 329 g/mol. The van der Waals surface area contributed by atoms with Crippen molar-refractivity contribution in [3.05, 3.63) is 58.2 Å². The van der Waals surface area contributed by atoms with E-state index in [0.717, 1.165) is 0 Å². The van der Waals surface area contributed by atoms with Crippen LogP contribution in [-0.2, 0) is 21.5 Å². The van der Waals surface area contributed by atoms with E-state index in [4.69, 9.17) is 23.2 Å². The van der Waals surface area contributed by atoms with Gasteiger partial charge in [0.1, 0.15) is 5.15 Å². The van der Waals surface area contributed by atoms with Crippen LogP contribution in [0.2, 0.25) is 5.15 Å². The summed E-state index contributed by atoms with van der Waals surface area (Å²) in [5.41, 5.74) is 1.89. The highest BCUT2D eigenvalue weighted by Crippen LogP contribution is 2.24. The fraction of sp³-hybridized carbons (Fsp3) is 0.214. The van der Waals surface area contributed by atoms with Gasteiger partial charge in [0.25, 0.3) is 0 Å². The second-order valence-electron chi connectivity index (χ2n) is 4.44. The Balaban J connectivity index is 2.47. The first-order chi connectivity index (χ1) is 9.44. The molecule has 1 aromatic carbocycles. The number of alkyl halides is 1. The Kier molecular flexibility index (Phi) is 4.68. The van der Waals surface area contributed by atoms with Crippen molar-refractivity contribution in [1.82, 2.24) is 4.98 Å². The summed E-state index contributed by atoms with van der Waals surface area (Å²) in [6, 6.07) is 10.6. The smallest absolute Gasteiger partial charge is 0.200 e. The number of nitrogens with zero attached hydrogens (tertiary/aromatic N) is 1. The summed E-state index contributed by atoms with van der Waals surface area (Å²) in [6.45, 7) is 1.76. The lowest BCUT2D eigenvalue weighted by atomic mass is 10.2. The van der Waals surface area contributed by atoms with Crippen LogP contribution in [0, 0.1) is 6.92 Å². The van der Waals surface area contributed by atoms with E-state index in [9.17, 15) is 8.42 Å². The summed E-state index contributed by atoms with van der Waals surface area (Å²) < 4.78 is 24.9. The number of pyridine rings is 1. The second-order valence-corrected chi connectivity index (χ2v) is 6.97. The third kappa shape index (κ3) is 3.32. The van der Waals surface area contributed by atoms with Gasteiger partial charge in [-0.1, -0.05) is 41.9 Å². The number of halogens is 2. The Hall–Kier alpha value is -1.10. The summed E-state index contributed by atoms with van der Waals surface area (Å²) >= 11 is 11.8. The van der Waals surface area contributed by atoms with E-state index in [1.54, 1.807) is 37.3 Å². The number of sulfone groups is 1. The van der Waals surface area contributed by atoms with Crippen LogP contribution in [0.25, 0.3) is 0 Å². The van der Waals surface area contributed by atoms with Crippen LogP contribution < -0.4 is 0 Å². The third-order valence-electron chi connectivity index (χ3n) is 2.83. The fourth-order valence-electron chi connectivity index (χ4n) is 1.86. The van der Waals surface area contributed by atoms with Gasteiger partial charge in [-0.25, -0.2) is 13.4 Å². The van der Waals surface area contributed by atoms with E-state index in [1.165, 1.54) is 0 Å². The molecule has 0 spiro atoms. The number of hydrogen-bond donors (Lipinski definition) is 0. The molecule has 0 bridgehead atoms. The molecule has 0 N–H and O–H groups in total. The first kappa shape index (κ1) is 15.3. The van der Waals surface area contributed by atoms with E-state index in [2.05, 4.69) is 4.98 Å². The third-order valence-corrected chi connectivity index (χ3v) is 5.16. The molecular formula is C14H13Cl2NO2S. The predicted octanol–water partition coefficient (Wildman–Crippen LogP) is 3.76. The van der Waals surface area contributed by atoms with Gasteiger partial charge in [0.2, 0.25) is 0 Å². The molecule has 0 aliphatic carbocycles. The Morgan fingerprint density at radius 3 is 2.45 bits per heavy atom. The number of hydrogen-bond acceptors (Lipinski definition) is 3. The van der Waals surface area contributed by atoms with Crippen LogP contribution in [0.1, 0.15) is 16.7 Å². The van der Waals surface area contributed by atoms with Gasteiger partial charge in [-0.3, -0.25) is 0 Å². The zero-order valence-electron chi connectivity index (χ0n) is 10.8. The van der Waals surface area contributed by atoms with Gasteiger partial charge in [-0.05, 0) is 24.1 Å². The fourth-order valence-corrected chi connectivity index (χ4v) is 3.86. The molecule has 3 nitrogen and oxygen atoms in total. The summed E-state index contributed by atoms with van der Waals surface area (Å²) in [4.78, 5) is 4.00. The number of aryl methyl sites for hydroxylation is 1. The standard InChI is InChI=1S/C14H13Cl2NO2S/c1-10-7-12(8-15)14(17-13(10)16)20(18,19)9-11-5-3-2-4-6-11/h2-7H,8-9H2,1H3. The normalized spacial score (nSPS) is 11.6. The lowest BCUT2D eigenvalue weighted by Crippen LogP contribution is -2.10. The summed E-state index contributed by atoms with van der Waals surface area (Å²) in [7, 11) is -3.58. The van der Waals surface area contributed by atoms with Crippen LogP contribution in [0.15, 0.2) is 41.4 Å². The Morgan fingerprint density at radius 1 is 1.20 bits per heavy atom. The number of rotatable bonds is 4. The quantitative estimate of drug-likeness (QED) is 0.633. The van der Waals surface area contributed by atoms with Crippen molar-refractivity contribution in [1.29, 1.82) is 0 Å². The molecule has 0 atom stereocenters. The van der Waals surface area contributed by atoms with Gasteiger partial charge < -0.3 is 0 Å². The molecule has 0 unspecified atom stereocenters. The van der Waals surface area contributed by atoms with Crippen LogP contribution >= 0.6 is 23.2 Å². The maximum Gasteiger partial charge on any atom is 0.200 e. The van der Waals surface area contributed by atoms with Crippen molar-refractivity contribution in [3.63, 3.8) is 0 Å². The molecule has 0 fully saturated rings. The maximum atomic E-state index is 12.5. The van der Waals surface area contributed by atoms with Crippen LogP contribution in [-0.4, -0.2) is 13.4 Å². The van der Waals surface area contributed by atoms with Gasteiger partial charge in [0, 0.05) is 5.56 Å². The van der Waals surface area contributed by atoms with Crippen molar-refractivity contribution in [2.75, 3.05) is 0 Å². The molecule has 0 radical (unpaired) electrons. The van der Waals surface area contributed by atoms with Crippen LogP contribution in [0.3, 0.4) is 0 Å². The van der Waals surface area contributed by atoms with Gasteiger partial charge in [0.05, 0.1) is 11.6 Å². The molecule has 106 valence electrons. The average Bonchev–Trinajstić information content (AvgIpc) is 2.42. The largest absolute Gasteiger partial charge is 0.224 e. The first-order valence-electron chi connectivity index (χ1n) is 5.92. The minimum Gasteiger partial charge on any atom is -0.224 e. The van der Waals surface area contributed by atoms with Crippen molar-refractivity contribution < 1.29 is 8.42 Å². The first-order valence-corrected chi connectivity index (χ1v) is 8.49. The van der Waals surface area contributed by atoms with E-state index >= 15 is 0 Å².